The van der Waals surface area contributed by atoms with E-state index in [0.717, 1.165) is 29.7 Å². The smallest absolute Gasteiger partial charge is 0.128 e. The molecule has 0 aliphatic carbocycles. The summed E-state index contributed by atoms with van der Waals surface area (Å²) in [6.45, 7) is 10.5. The van der Waals surface area contributed by atoms with Gasteiger partial charge in [-0.15, -0.1) is 0 Å². The van der Waals surface area contributed by atoms with Gasteiger partial charge in [0.25, 0.3) is 0 Å². The summed E-state index contributed by atoms with van der Waals surface area (Å²) in [6.07, 6.45) is 2.47. The van der Waals surface area contributed by atoms with Gasteiger partial charge in [0.2, 0.25) is 0 Å². The van der Waals surface area contributed by atoms with Crippen LogP contribution in [-0.4, -0.2) is 30.1 Å². The molecule has 1 aliphatic rings. The van der Waals surface area contributed by atoms with Gasteiger partial charge < -0.3 is 5.32 Å². The highest BCUT2D eigenvalue weighted by Gasteiger charge is 2.22. The standard InChI is InChI=1S/C17H26BrFN2/c1-17(2,3)20-10-13-5-4-8-21(11-13)12-14-6-7-15(18)9-16(14)19/h6-7,9,13,20H,4-5,8,10-12H2,1-3H3. The van der Waals surface area contributed by atoms with Crippen LogP contribution >= 0.6 is 15.9 Å². The van der Waals surface area contributed by atoms with Crippen molar-refractivity contribution in [2.45, 2.75) is 45.7 Å². The lowest BCUT2D eigenvalue weighted by Gasteiger charge is -2.34. The van der Waals surface area contributed by atoms with E-state index >= 15 is 0 Å². The molecule has 1 N–H and O–H groups in total. The van der Waals surface area contributed by atoms with Gasteiger partial charge in [0.05, 0.1) is 0 Å². The van der Waals surface area contributed by atoms with Gasteiger partial charge in [-0.2, -0.15) is 0 Å². The molecule has 1 heterocycles. The maximum Gasteiger partial charge on any atom is 0.128 e. The highest BCUT2D eigenvalue weighted by Crippen LogP contribution is 2.21. The Kier molecular flexibility index (Phi) is 5.81. The van der Waals surface area contributed by atoms with Crippen molar-refractivity contribution >= 4 is 15.9 Å². The van der Waals surface area contributed by atoms with Crippen LogP contribution in [0.25, 0.3) is 0 Å². The fourth-order valence-corrected chi connectivity index (χ4v) is 3.14. The SMILES string of the molecule is CC(C)(C)NCC1CCCN(Cc2ccc(Br)cc2F)C1. The van der Waals surface area contributed by atoms with Gasteiger partial charge in [0.15, 0.2) is 0 Å². The highest BCUT2D eigenvalue weighted by molar-refractivity contribution is 9.10. The second-order valence-electron chi connectivity index (χ2n) is 7.11. The van der Waals surface area contributed by atoms with Crippen LogP contribution in [-0.2, 0) is 6.54 Å². The number of likely N-dealkylation sites (tertiary alicyclic amines) is 1. The Hall–Kier alpha value is -0.450. The molecule has 4 heteroatoms. The summed E-state index contributed by atoms with van der Waals surface area (Å²) in [5.41, 5.74) is 0.961. The van der Waals surface area contributed by atoms with Crippen LogP contribution in [0.4, 0.5) is 4.39 Å². The van der Waals surface area contributed by atoms with Crippen molar-refractivity contribution in [1.82, 2.24) is 10.2 Å². The summed E-state index contributed by atoms with van der Waals surface area (Å²) in [5, 5.41) is 3.59. The maximum absolute atomic E-state index is 13.9. The Bertz CT molecular complexity index is 470. The zero-order valence-corrected chi connectivity index (χ0v) is 14.8. The van der Waals surface area contributed by atoms with E-state index in [2.05, 4.69) is 46.9 Å². The average Bonchev–Trinajstić information content (AvgIpc) is 2.39. The Morgan fingerprint density at radius 1 is 1.38 bits per heavy atom. The lowest BCUT2D eigenvalue weighted by atomic mass is 9.96. The maximum atomic E-state index is 13.9. The minimum atomic E-state index is -0.112. The van der Waals surface area contributed by atoms with Gasteiger partial charge in [0.1, 0.15) is 5.82 Å². The number of nitrogens with zero attached hydrogens (tertiary/aromatic N) is 1. The third kappa shape index (κ3) is 5.68. The quantitative estimate of drug-likeness (QED) is 0.869. The number of halogens is 2. The molecule has 1 aromatic carbocycles. The van der Waals surface area contributed by atoms with Crippen molar-refractivity contribution in [3.05, 3.63) is 34.1 Å². The molecule has 2 nitrogen and oxygen atoms in total. The van der Waals surface area contributed by atoms with Crippen molar-refractivity contribution in [3.8, 4) is 0 Å². The largest absolute Gasteiger partial charge is 0.312 e. The molecule has 1 aliphatic heterocycles. The molecule has 0 spiro atoms. The molecule has 1 saturated heterocycles. The van der Waals surface area contributed by atoms with Crippen molar-refractivity contribution < 1.29 is 4.39 Å². The first-order valence-electron chi connectivity index (χ1n) is 7.75. The first-order chi connectivity index (χ1) is 9.83. The molecule has 1 aromatic rings. The third-order valence-corrected chi connectivity index (χ3v) is 4.43. The Morgan fingerprint density at radius 2 is 2.14 bits per heavy atom. The lowest BCUT2D eigenvalue weighted by molar-refractivity contribution is 0.158. The first kappa shape index (κ1) is 16.9. The summed E-state index contributed by atoms with van der Waals surface area (Å²) in [4.78, 5) is 2.38. The summed E-state index contributed by atoms with van der Waals surface area (Å²) in [7, 11) is 0. The molecule has 1 atom stereocenters. The van der Waals surface area contributed by atoms with Gasteiger partial charge in [0, 0.05) is 28.7 Å². The second-order valence-corrected chi connectivity index (χ2v) is 8.03. The van der Waals surface area contributed by atoms with Crippen LogP contribution in [0.5, 0.6) is 0 Å². The van der Waals surface area contributed by atoms with Gasteiger partial charge in [-0.1, -0.05) is 22.0 Å². The molecule has 0 radical (unpaired) electrons. The molecule has 0 amide bonds. The third-order valence-electron chi connectivity index (χ3n) is 3.93. The summed E-state index contributed by atoms with van der Waals surface area (Å²) < 4.78 is 14.7. The van der Waals surface area contributed by atoms with Crippen molar-refractivity contribution in [1.29, 1.82) is 0 Å². The predicted octanol–water partition coefficient (Wildman–Crippen LogP) is 4.19. The molecule has 0 saturated carbocycles. The van der Waals surface area contributed by atoms with Gasteiger partial charge in [-0.25, -0.2) is 4.39 Å². The van der Waals surface area contributed by atoms with Crippen LogP contribution in [0, 0.1) is 11.7 Å². The molecular weight excluding hydrogens is 331 g/mol. The molecule has 0 aromatic heterocycles. The van der Waals surface area contributed by atoms with Crippen LogP contribution < -0.4 is 5.32 Å². The molecule has 21 heavy (non-hydrogen) atoms. The van der Waals surface area contributed by atoms with Gasteiger partial charge in [-0.3, -0.25) is 4.90 Å². The summed E-state index contributed by atoms with van der Waals surface area (Å²) in [5.74, 6) is 0.552. The Balaban J connectivity index is 1.89. The van der Waals surface area contributed by atoms with E-state index < -0.39 is 0 Å². The van der Waals surface area contributed by atoms with E-state index in [1.165, 1.54) is 12.8 Å². The Morgan fingerprint density at radius 3 is 2.81 bits per heavy atom. The van der Waals surface area contributed by atoms with Crippen molar-refractivity contribution in [2.24, 2.45) is 5.92 Å². The Labute approximate surface area is 136 Å². The van der Waals surface area contributed by atoms with E-state index in [4.69, 9.17) is 0 Å². The number of hydrogen-bond acceptors (Lipinski definition) is 2. The average molecular weight is 357 g/mol. The number of nitrogens with one attached hydrogen (secondary N) is 1. The molecule has 1 fully saturated rings. The highest BCUT2D eigenvalue weighted by atomic mass is 79.9. The van der Waals surface area contributed by atoms with Crippen LogP contribution in [0.2, 0.25) is 0 Å². The minimum Gasteiger partial charge on any atom is -0.312 e. The summed E-state index contributed by atoms with van der Waals surface area (Å²) in [6, 6.07) is 5.36. The summed E-state index contributed by atoms with van der Waals surface area (Å²) >= 11 is 3.31. The normalized spacial score (nSPS) is 20.7. The van der Waals surface area contributed by atoms with E-state index in [9.17, 15) is 4.39 Å². The molecule has 1 unspecified atom stereocenters. The van der Waals surface area contributed by atoms with Crippen LogP contribution in [0.3, 0.4) is 0 Å². The topological polar surface area (TPSA) is 15.3 Å². The van der Waals surface area contributed by atoms with E-state index in [1.54, 1.807) is 6.07 Å². The second kappa shape index (κ2) is 7.21. The lowest BCUT2D eigenvalue weighted by Crippen LogP contribution is -2.44. The minimum absolute atomic E-state index is 0.112. The first-order valence-corrected chi connectivity index (χ1v) is 8.54. The van der Waals surface area contributed by atoms with E-state index in [1.807, 2.05) is 12.1 Å². The molecule has 0 bridgehead atoms. The van der Waals surface area contributed by atoms with E-state index in [0.29, 0.717) is 12.5 Å². The van der Waals surface area contributed by atoms with Gasteiger partial charge >= 0.3 is 0 Å². The number of benzene rings is 1. The van der Waals surface area contributed by atoms with E-state index in [-0.39, 0.29) is 11.4 Å². The predicted molar refractivity (Wildman–Crippen MR) is 89.9 cm³/mol. The van der Waals surface area contributed by atoms with Crippen LogP contribution in [0.15, 0.2) is 22.7 Å². The zero-order chi connectivity index (χ0) is 15.5. The van der Waals surface area contributed by atoms with Crippen molar-refractivity contribution in [2.75, 3.05) is 19.6 Å². The van der Waals surface area contributed by atoms with Crippen molar-refractivity contribution in [3.63, 3.8) is 0 Å². The fourth-order valence-electron chi connectivity index (χ4n) is 2.80. The molecular formula is C17H26BrFN2. The number of rotatable bonds is 4. The van der Waals surface area contributed by atoms with Gasteiger partial charge in [-0.05, 0) is 64.8 Å². The molecule has 2 rings (SSSR count). The molecule has 118 valence electrons. The monoisotopic (exact) mass is 356 g/mol. The zero-order valence-electron chi connectivity index (χ0n) is 13.3. The number of piperidine rings is 1. The number of hydrogen-bond donors (Lipinski definition) is 1. The fraction of sp³-hybridized carbons (Fsp3) is 0.647. The van der Waals surface area contributed by atoms with Crippen LogP contribution in [0.1, 0.15) is 39.2 Å².